The number of unbranched alkanes of at least 4 members (excludes halogenated alkanes) is 1. The number of benzene rings is 1. The highest BCUT2D eigenvalue weighted by Crippen LogP contribution is 2.43. The lowest BCUT2D eigenvalue weighted by molar-refractivity contribution is 0.193. The Morgan fingerprint density at radius 3 is 2.37 bits per heavy atom. The molecule has 1 unspecified atom stereocenters. The molecule has 2 heteroatoms. The molecule has 0 saturated heterocycles. The quantitative estimate of drug-likeness (QED) is 0.493. The fourth-order valence-electron chi connectivity index (χ4n) is 4.45. The number of hydrogen-bond acceptors (Lipinski definition) is 2. The van der Waals surface area contributed by atoms with Crippen molar-refractivity contribution < 1.29 is 5.11 Å². The van der Waals surface area contributed by atoms with Crippen molar-refractivity contribution in [1.82, 2.24) is 4.98 Å². The summed E-state index contributed by atoms with van der Waals surface area (Å²) in [7, 11) is 0. The predicted molar refractivity (Wildman–Crippen MR) is 117 cm³/mol. The van der Waals surface area contributed by atoms with Crippen LogP contribution in [0.5, 0.6) is 5.75 Å². The first-order chi connectivity index (χ1) is 12.6. The van der Waals surface area contributed by atoms with Gasteiger partial charge in [0.2, 0.25) is 0 Å². The zero-order chi connectivity index (χ0) is 20.2. The SMILES string of the molecule is C=CC(CC(C)(C)CC(C)(C)C)c1ccc2ccc(CCCC)nc2c1O. The lowest BCUT2D eigenvalue weighted by Gasteiger charge is -2.35. The zero-order valence-corrected chi connectivity index (χ0v) is 18.1. The van der Waals surface area contributed by atoms with Crippen LogP contribution in [0.25, 0.3) is 10.9 Å². The van der Waals surface area contributed by atoms with E-state index in [1.807, 2.05) is 12.1 Å². The van der Waals surface area contributed by atoms with Crippen molar-refractivity contribution in [3.05, 3.63) is 48.2 Å². The molecule has 0 radical (unpaired) electrons. The molecular weight excluding hydrogens is 330 g/mol. The summed E-state index contributed by atoms with van der Waals surface area (Å²) in [5, 5.41) is 12.0. The van der Waals surface area contributed by atoms with Crippen LogP contribution < -0.4 is 0 Å². The maximum Gasteiger partial charge on any atom is 0.145 e. The van der Waals surface area contributed by atoms with Crippen LogP contribution >= 0.6 is 0 Å². The highest BCUT2D eigenvalue weighted by Gasteiger charge is 2.29. The number of aryl methyl sites for hydroxylation is 1. The van der Waals surface area contributed by atoms with Gasteiger partial charge in [-0.1, -0.05) is 72.2 Å². The number of pyridine rings is 1. The average Bonchev–Trinajstić information content (AvgIpc) is 2.56. The molecule has 0 aliphatic rings. The average molecular weight is 368 g/mol. The molecule has 1 heterocycles. The number of phenolic OH excluding ortho intramolecular Hbond substituents is 1. The number of rotatable bonds is 8. The van der Waals surface area contributed by atoms with E-state index in [1.54, 1.807) is 0 Å². The number of fused-ring (bicyclic) bond motifs is 1. The summed E-state index contributed by atoms with van der Waals surface area (Å²) in [6.07, 6.45) is 7.29. The van der Waals surface area contributed by atoms with Gasteiger partial charge in [0, 0.05) is 22.6 Å². The second-order valence-electron chi connectivity index (χ2n) is 9.93. The number of aromatic hydroxyl groups is 1. The molecule has 2 rings (SSSR count). The minimum Gasteiger partial charge on any atom is -0.505 e. The van der Waals surface area contributed by atoms with Gasteiger partial charge in [0.25, 0.3) is 0 Å². The zero-order valence-electron chi connectivity index (χ0n) is 18.1. The smallest absolute Gasteiger partial charge is 0.145 e. The Kier molecular flexibility index (Phi) is 6.72. The second-order valence-corrected chi connectivity index (χ2v) is 9.93. The molecule has 1 aromatic heterocycles. The molecule has 0 saturated carbocycles. The number of aromatic nitrogens is 1. The minimum absolute atomic E-state index is 0.118. The Morgan fingerprint density at radius 1 is 1.11 bits per heavy atom. The van der Waals surface area contributed by atoms with Gasteiger partial charge in [0.1, 0.15) is 11.3 Å². The van der Waals surface area contributed by atoms with E-state index in [2.05, 4.69) is 66.3 Å². The lowest BCUT2D eigenvalue weighted by Crippen LogP contribution is -2.22. The molecule has 0 aliphatic carbocycles. The van der Waals surface area contributed by atoms with Gasteiger partial charge in [-0.3, -0.25) is 0 Å². The highest BCUT2D eigenvalue weighted by molar-refractivity contribution is 5.86. The van der Waals surface area contributed by atoms with Crippen molar-refractivity contribution in [2.45, 2.75) is 79.6 Å². The van der Waals surface area contributed by atoms with Crippen LogP contribution in [-0.4, -0.2) is 10.1 Å². The molecule has 0 bridgehead atoms. The van der Waals surface area contributed by atoms with Crippen molar-refractivity contribution in [1.29, 1.82) is 0 Å². The molecule has 1 atom stereocenters. The Bertz CT molecular complexity index is 783. The molecule has 0 spiro atoms. The maximum absolute atomic E-state index is 11.0. The monoisotopic (exact) mass is 367 g/mol. The van der Waals surface area contributed by atoms with Crippen molar-refractivity contribution >= 4 is 10.9 Å². The van der Waals surface area contributed by atoms with Gasteiger partial charge in [-0.2, -0.15) is 0 Å². The van der Waals surface area contributed by atoms with Gasteiger partial charge in [0.05, 0.1) is 0 Å². The van der Waals surface area contributed by atoms with E-state index in [0.29, 0.717) is 5.75 Å². The topological polar surface area (TPSA) is 33.1 Å². The lowest BCUT2D eigenvalue weighted by atomic mass is 9.70. The minimum atomic E-state index is 0.118. The van der Waals surface area contributed by atoms with Crippen molar-refractivity contribution in [3.63, 3.8) is 0 Å². The third-order valence-corrected chi connectivity index (χ3v) is 5.18. The molecule has 2 aromatic rings. The predicted octanol–water partition coefficient (Wildman–Crippen LogP) is 7.41. The summed E-state index contributed by atoms with van der Waals surface area (Å²) in [4.78, 5) is 4.76. The second kappa shape index (κ2) is 8.46. The Hall–Kier alpha value is -1.83. The molecule has 1 aromatic carbocycles. The van der Waals surface area contributed by atoms with Gasteiger partial charge in [-0.25, -0.2) is 4.98 Å². The number of hydrogen-bond donors (Lipinski definition) is 1. The molecular formula is C25H37NO. The highest BCUT2D eigenvalue weighted by atomic mass is 16.3. The molecule has 27 heavy (non-hydrogen) atoms. The fraction of sp³-hybridized carbons (Fsp3) is 0.560. The first-order valence-corrected chi connectivity index (χ1v) is 10.3. The summed E-state index contributed by atoms with van der Waals surface area (Å²) in [5.41, 5.74) is 3.16. The third kappa shape index (κ3) is 5.82. The first-order valence-electron chi connectivity index (χ1n) is 10.3. The van der Waals surface area contributed by atoms with E-state index in [9.17, 15) is 5.11 Å². The van der Waals surface area contributed by atoms with Crippen LogP contribution in [0.15, 0.2) is 36.9 Å². The van der Waals surface area contributed by atoms with Gasteiger partial charge in [-0.15, -0.1) is 6.58 Å². The van der Waals surface area contributed by atoms with Crippen molar-refractivity contribution in [2.24, 2.45) is 10.8 Å². The summed E-state index contributed by atoms with van der Waals surface area (Å²) < 4.78 is 0. The van der Waals surface area contributed by atoms with Crippen LogP contribution in [0.4, 0.5) is 0 Å². The van der Waals surface area contributed by atoms with E-state index in [-0.39, 0.29) is 16.7 Å². The van der Waals surface area contributed by atoms with Crippen molar-refractivity contribution in [2.75, 3.05) is 0 Å². The van der Waals surface area contributed by atoms with E-state index in [0.717, 1.165) is 54.3 Å². The van der Waals surface area contributed by atoms with E-state index in [1.165, 1.54) is 0 Å². The first kappa shape index (κ1) is 21.5. The van der Waals surface area contributed by atoms with Gasteiger partial charge in [-0.05, 0) is 42.6 Å². The van der Waals surface area contributed by atoms with Crippen LogP contribution in [0, 0.1) is 10.8 Å². The molecule has 0 aliphatic heterocycles. The molecule has 0 amide bonds. The normalized spacial score (nSPS) is 13.7. The number of allylic oxidation sites excluding steroid dienone is 1. The van der Waals surface area contributed by atoms with Gasteiger partial charge >= 0.3 is 0 Å². The maximum atomic E-state index is 11.0. The number of phenols is 1. The summed E-state index contributed by atoms with van der Waals surface area (Å²) in [6.45, 7) is 17.7. The summed E-state index contributed by atoms with van der Waals surface area (Å²) >= 11 is 0. The Morgan fingerprint density at radius 2 is 1.78 bits per heavy atom. The summed E-state index contributed by atoms with van der Waals surface area (Å²) in [6, 6.07) is 8.27. The largest absolute Gasteiger partial charge is 0.505 e. The third-order valence-electron chi connectivity index (χ3n) is 5.18. The van der Waals surface area contributed by atoms with Gasteiger partial charge < -0.3 is 5.11 Å². The number of nitrogens with zero attached hydrogens (tertiary/aromatic N) is 1. The standard InChI is InChI=1S/C25H37NO/c1-8-10-11-20-14-12-19-13-15-21(23(27)22(19)26-20)18(9-2)16-25(6,7)17-24(3,4)5/h9,12-15,18,27H,2,8,10-11,16-17H2,1,3-7H3. The van der Waals surface area contributed by atoms with Gasteiger partial charge in [0.15, 0.2) is 0 Å². The molecule has 0 fully saturated rings. The Labute approximate surface area is 165 Å². The van der Waals surface area contributed by atoms with Crippen molar-refractivity contribution in [3.8, 4) is 5.75 Å². The van der Waals surface area contributed by atoms with Crippen LogP contribution in [0.3, 0.4) is 0 Å². The van der Waals surface area contributed by atoms with E-state index >= 15 is 0 Å². The summed E-state index contributed by atoms with van der Waals surface area (Å²) in [5.74, 6) is 0.440. The van der Waals surface area contributed by atoms with Crippen LogP contribution in [0.2, 0.25) is 0 Å². The van der Waals surface area contributed by atoms with Crippen LogP contribution in [-0.2, 0) is 6.42 Å². The fourth-order valence-corrected chi connectivity index (χ4v) is 4.45. The molecule has 2 nitrogen and oxygen atoms in total. The Balaban J connectivity index is 2.37. The van der Waals surface area contributed by atoms with E-state index < -0.39 is 0 Å². The molecule has 1 N–H and O–H groups in total. The molecule has 148 valence electrons. The van der Waals surface area contributed by atoms with Crippen LogP contribution in [0.1, 0.15) is 84.4 Å². The van der Waals surface area contributed by atoms with E-state index in [4.69, 9.17) is 4.98 Å².